The summed E-state index contributed by atoms with van der Waals surface area (Å²) in [6, 6.07) is 11.3. The number of benzene rings is 2. The lowest BCUT2D eigenvalue weighted by atomic mass is 9.92. The monoisotopic (exact) mass is 486 g/mol. The van der Waals surface area contributed by atoms with Crippen LogP contribution in [0, 0.1) is 11.3 Å². The van der Waals surface area contributed by atoms with E-state index in [9.17, 15) is 22.8 Å². The highest BCUT2D eigenvalue weighted by Crippen LogP contribution is 2.41. The maximum absolute atomic E-state index is 13.7. The Morgan fingerprint density at radius 3 is 2.46 bits per heavy atom. The molecule has 1 aliphatic rings. The highest BCUT2D eigenvalue weighted by Gasteiger charge is 2.43. The Kier molecular flexibility index (Phi) is 7.82. The zero-order chi connectivity index (χ0) is 25.8. The number of hydrogen-bond acceptors (Lipinski definition) is 5. The van der Waals surface area contributed by atoms with E-state index in [1.807, 2.05) is 6.07 Å². The van der Waals surface area contributed by atoms with Gasteiger partial charge in [-0.3, -0.25) is 4.90 Å². The fraction of sp³-hybridized carbons (Fsp3) is 0.320. The van der Waals surface area contributed by atoms with Crippen molar-refractivity contribution < 1.29 is 27.5 Å². The van der Waals surface area contributed by atoms with Gasteiger partial charge in [-0.15, -0.1) is 0 Å². The minimum Gasteiger partial charge on any atom is -0.463 e. The number of allylic oxidation sites excluding steroid dienone is 1. The molecule has 1 aliphatic heterocycles. The van der Waals surface area contributed by atoms with Crippen molar-refractivity contribution in [1.29, 1.82) is 5.26 Å². The molecule has 0 radical (unpaired) electrons. The molecule has 35 heavy (non-hydrogen) atoms. The third-order valence-electron chi connectivity index (χ3n) is 5.63. The Morgan fingerprint density at radius 1 is 1.20 bits per heavy atom. The number of anilines is 1. The second kappa shape index (κ2) is 10.6. The number of esters is 1. The van der Waals surface area contributed by atoms with Crippen LogP contribution >= 0.6 is 0 Å². The molecule has 0 spiro atoms. The van der Waals surface area contributed by atoms with Gasteiger partial charge in [-0.05, 0) is 62.7 Å². The predicted octanol–water partition coefficient (Wildman–Crippen LogP) is 4.75. The summed E-state index contributed by atoms with van der Waals surface area (Å²) >= 11 is 0. The third-order valence-corrected chi connectivity index (χ3v) is 5.63. The van der Waals surface area contributed by atoms with Gasteiger partial charge in [-0.1, -0.05) is 18.2 Å². The molecule has 2 amide bonds. The van der Waals surface area contributed by atoms with Crippen molar-refractivity contribution in [3.8, 4) is 6.07 Å². The summed E-state index contributed by atoms with van der Waals surface area (Å²) in [5, 5.41) is 9.14. The van der Waals surface area contributed by atoms with Crippen LogP contribution in [0.4, 0.5) is 23.7 Å². The molecule has 0 saturated carbocycles. The van der Waals surface area contributed by atoms with Gasteiger partial charge in [0.05, 0.1) is 41.1 Å². The summed E-state index contributed by atoms with van der Waals surface area (Å²) in [5.41, 5.74) is 5.96. The number of rotatable bonds is 7. The summed E-state index contributed by atoms with van der Waals surface area (Å²) in [6.07, 6.45) is -4.22. The molecule has 2 aromatic rings. The van der Waals surface area contributed by atoms with E-state index in [0.717, 1.165) is 17.0 Å². The number of ether oxygens (including phenoxy) is 1. The maximum Gasteiger partial charge on any atom is 0.416 e. The molecular formula is C25H25F3N4O3. The van der Waals surface area contributed by atoms with Crippen LogP contribution < -0.4 is 10.6 Å². The van der Waals surface area contributed by atoms with E-state index in [1.165, 1.54) is 24.0 Å². The Labute approximate surface area is 201 Å². The molecular weight excluding hydrogens is 461 g/mol. The molecule has 0 aromatic heterocycles. The Balaban J connectivity index is 2.25. The van der Waals surface area contributed by atoms with Gasteiger partial charge >= 0.3 is 18.2 Å². The van der Waals surface area contributed by atoms with Crippen molar-refractivity contribution in [2.45, 2.75) is 32.5 Å². The van der Waals surface area contributed by atoms with Crippen LogP contribution in [0.2, 0.25) is 0 Å². The van der Waals surface area contributed by atoms with Crippen LogP contribution in [0.1, 0.15) is 43.0 Å². The molecule has 2 N–H and O–H groups in total. The summed E-state index contributed by atoms with van der Waals surface area (Å²) in [5.74, 6) is -0.693. The second-order valence-electron chi connectivity index (χ2n) is 7.86. The number of halogens is 3. The molecule has 7 nitrogen and oxygen atoms in total. The number of carbonyl (C=O) groups is 2. The third kappa shape index (κ3) is 5.30. The van der Waals surface area contributed by atoms with Gasteiger partial charge in [0.2, 0.25) is 0 Å². The number of nitriles is 1. The molecule has 1 atom stereocenters. The first-order chi connectivity index (χ1) is 16.6. The van der Waals surface area contributed by atoms with Crippen molar-refractivity contribution in [2.24, 2.45) is 5.73 Å². The lowest BCUT2D eigenvalue weighted by Crippen LogP contribution is -2.51. The van der Waals surface area contributed by atoms with Gasteiger partial charge in [0.15, 0.2) is 0 Å². The molecule has 0 aliphatic carbocycles. The van der Waals surface area contributed by atoms with E-state index >= 15 is 0 Å². The number of carbonyl (C=O) groups excluding carboxylic acids is 2. The molecule has 0 bridgehead atoms. The van der Waals surface area contributed by atoms with Crippen molar-refractivity contribution in [3.05, 3.63) is 76.5 Å². The highest BCUT2D eigenvalue weighted by atomic mass is 19.4. The summed E-state index contributed by atoms with van der Waals surface area (Å²) in [4.78, 5) is 29.4. The Hall–Kier alpha value is -3.84. The quantitative estimate of drug-likeness (QED) is 0.570. The molecule has 0 unspecified atom stereocenters. The van der Waals surface area contributed by atoms with E-state index in [2.05, 4.69) is 0 Å². The molecule has 1 heterocycles. The molecule has 2 aromatic carbocycles. The van der Waals surface area contributed by atoms with Crippen LogP contribution in [-0.2, 0) is 15.7 Å². The highest BCUT2D eigenvalue weighted by molar-refractivity contribution is 6.03. The molecule has 10 heteroatoms. The van der Waals surface area contributed by atoms with Gasteiger partial charge in [0, 0.05) is 12.2 Å². The second-order valence-corrected chi connectivity index (χ2v) is 7.86. The lowest BCUT2D eigenvalue weighted by molar-refractivity contribution is -0.139. The number of urea groups is 1. The topological polar surface area (TPSA) is 99.7 Å². The summed E-state index contributed by atoms with van der Waals surface area (Å²) < 4.78 is 45.4. The molecule has 3 rings (SSSR count). The van der Waals surface area contributed by atoms with Crippen LogP contribution in [0.25, 0.3) is 0 Å². The Morgan fingerprint density at radius 2 is 1.89 bits per heavy atom. The van der Waals surface area contributed by atoms with Gasteiger partial charge in [-0.25, -0.2) is 9.59 Å². The van der Waals surface area contributed by atoms with Gasteiger partial charge in [0.1, 0.15) is 0 Å². The van der Waals surface area contributed by atoms with E-state index in [4.69, 9.17) is 15.7 Å². The summed E-state index contributed by atoms with van der Waals surface area (Å²) in [7, 11) is 0. The maximum atomic E-state index is 13.7. The van der Waals surface area contributed by atoms with Crippen molar-refractivity contribution in [1.82, 2.24) is 4.90 Å². The number of nitrogens with two attached hydrogens (primary N) is 1. The van der Waals surface area contributed by atoms with Crippen molar-refractivity contribution in [2.75, 3.05) is 24.6 Å². The number of alkyl halides is 3. The number of hydrogen-bond donors (Lipinski definition) is 1. The van der Waals surface area contributed by atoms with Crippen molar-refractivity contribution >= 4 is 17.7 Å². The van der Waals surface area contributed by atoms with Gasteiger partial charge < -0.3 is 15.4 Å². The SMILES string of the molecule is CCOC(=O)C1=C(C)N(c2cccc(C(F)(F)F)c2)C(=O)N(CCCN)[C@@H]1c1ccc(C#N)cc1. The average molecular weight is 486 g/mol. The minimum absolute atomic E-state index is 0.0276. The average Bonchev–Trinajstić information content (AvgIpc) is 2.83. The van der Waals surface area contributed by atoms with Crippen LogP contribution in [0.3, 0.4) is 0 Å². The zero-order valence-corrected chi connectivity index (χ0v) is 19.3. The molecule has 0 saturated heterocycles. The largest absolute Gasteiger partial charge is 0.463 e. The standard InChI is InChI=1S/C25H25F3N4O3/c1-3-35-23(33)21-16(2)32(20-7-4-6-19(14-20)25(26,27)28)24(34)31(13-5-12-29)22(21)18-10-8-17(15-30)9-11-18/h4,6-11,14,22H,3,5,12-13,29H2,1-2H3/t22-/m1/s1. The summed E-state index contributed by atoms with van der Waals surface area (Å²) in [6.45, 7) is 3.60. The first kappa shape index (κ1) is 25.8. The zero-order valence-electron chi connectivity index (χ0n) is 19.3. The van der Waals surface area contributed by atoms with E-state index in [0.29, 0.717) is 17.5 Å². The van der Waals surface area contributed by atoms with E-state index < -0.39 is 29.8 Å². The van der Waals surface area contributed by atoms with E-state index in [1.54, 1.807) is 31.2 Å². The van der Waals surface area contributed by atoms with Crippen molar-refractivity contribution in [3.63, 3.8) is 0 Å². The lowest BCUT2D eigenvalue weighted by Gasteiger charge is -2.43. The van der Waals surface area contributed by atoms with Crippen LogP contribution in [-0.4, -0.2) is 36.6 Å². The molecule has 0 fully saturated rings. The first-order valence-electron chi connectivity index (χ1n) is 11.0. The predicted molar refractivity (Wildman–Crippen MR) is 123 cm³/mol. The fourth-order valence-electron chi connectivity index (χ4n) is 4.02. The smallest absolute Gasteiger partial charge is 0.416 e. The van der Waals surface area contributed by atoms with Crippen LogP contribution in [0.5, 0.6) is 0 Å². The Bertz CT molecular complexity index is 1170. The van der Waals surface area contributed by atoms with Gasteiger partial charge in [0.25, 0.3) is 0 Å². The number of amides is 2. The first-order valence-corrected chi connectivity index (χ1v) is 11.0. The molecule has 184 valence electrons. The normalized spacial score (nSPS) is 16.4. The van der Waals surface area contributed by atoms with E-state index in [-0.39, 0.29) is 36.7 Å². The fourth-order valence-corrected chi connectivity index (χ4v) is 4.02. The van der Waals surface area contributed by atoms with Crippen LogP contribution in [0.15, 0.2) is 59.8 Å². The minimum atomic E-state index is -4.61. The van der Waals surface area contributed by atoms with Gasteiger partial charge in [-0.2, -0.15) is 18.4 Å². The number of nitrogens with zero attached hydrogens (tertiary/aromatic N) is 3.